The normalized spacial score (nSPS) is 14.6. The quantitative estimate of drug-likeness (QED) is 0.520. The molecule has 164 valence electrons. The van der Waals surface area contributed by atoms with Crippen molar-refractivity contribution in [3.05, 3.63) is 23.0 Å². The van der Waals surface area contributed by atoms with E-state index in [1.165, 1.54) is 23.1 Å². The fraction of sp³-hybridized carbons (Fsp3) is 0.571. The summed E-state index contributed by atoms with van der Waals surface area (Å²) in [5, 5.41) is 0. The number of hydrogen-bond acceptors (Lipinski definition) is 6. The summed E-state index contributed by atoms with van der Waals surface area (Å²) in [4.78, 5) is 31.5. The molecule has 2 heterocycles. The maximum Gasteiger partial charge on any atom is 0.258 e. The Hall–Kier alpha value is -1.84. The third kappa shape index (κ3) is 6.09. The minimum Gasteiger partial charge on any atom is -0.494 e. The van der Waals surface area contributed by atoms with Crippen LogP contribution in [0.15, 0.2) is 23.2 Å². The van der Waals surface area contributed by atoms with E-state index in [9.17, 15) is 9.59 Å². The maximum atomic E-state index is 12.5. The molecular formula is C21H29N3O4S2. The van der Waals surface area contributed by atoms with Crippen molar-refractivity contribution in [1.82, 2.24) is 9.47 Å². The highest BCUT2D eigenvalue weighted by Crippen LogP contribution is 2.23. The molecule has 1 aliphatic rings. The first-order chi connectivity index (χ1) is 14.6. The van der Waals surface area contributed by atoms with E-state index in [0.717, 1.165) is 41.9 Å². The van der Waals surface area contributed by atoms with Gasteiger partial charge < -0.3 is 18.9 Å². The number of carbonyl (C=O) groups excluding carboxylic acids is 2. The molecule has 2 amide bonds. The monoisotopic (exact) mass is 451 g/mol. The second kappa shape index (κ2) is 11.5. The van der Waals surface area contributed by atoms with E-state index in [0.29, 0.717) is 36.9 Å². The molecule has 0 saturated carbocycles. The Morgan fingerprint density at radius 2 is 1.97 bits per heavy atom. The van der Waals surface area contributed by atoms with Crippen LogP contribution < -0.4 is 9.54 Å². The SMILES string of the molecule is CCOCCn1c(=NC(=O)CSCC(=O)N2CCCC2)sc2cc(OCC)ccc21. The van der Waals surface area contributed by atoms with Gasteiger partial charge in [0.2, 0.25) is 5.91 Å². The molecular weight excluding hydrogens is 422 g/mol. The number of fused-ring (bicyclic) bond motifs is 1. The summed E-state index contributed by atoms with van der Waals surface area (Å²) in [5.41, 5.74) is 1.01. The smallest absolute Gasteiger partial charge is 0.258 e. The molecule has 1 aromatic heterocycles. The molecule has 0 unspecified atom stereocenters. The Kier molecular flexibility index (Phi) is 8.77. The van der Waals surface area contributed by atoms with E-state index in [-0.39, 0.29) is 17.6 Å². The average Bonchev–Trinajstić information content (AvgIpc) is 3.37. The molecule has 1 fully saturated rings. The van der Waals surface area contributed by atoms with Crippen molar-refractivity contribution >= 4 is 45.1 Å². The minimum atomic E-state index is -0.226. The van der Waals surface area contributed by atoms with Crippen molar-refractivity contribution < 1.29 is 19.1 Å². The van der Waals surface area contributed by atoms with Gasteiger partial charge in [-0.15, -0.1) is 11.8 Å². The molecule has 0 atom stereocenters. The maximum absolute atomic E-state index is 12.5. The number of hydrogen-bond donors (Lipinski definition) is 0. The summed E-state index contributed by atoms with van der Waals surface area (Å²) in [5.74, 6) is 1.22. The molecule has 1 saturated heterocycles. The second-order valence-electron chi connectivity index (χ2n) is 6.88. The van der Waals surface area contributed by atoms with Crippen LogP contribution in [0.1, 0.15) is 26.7 Å². The fourth-order valence-electron chi connectivity index (χ4n) is 3.33. The zero-order chi connectivity index (χ0) is 21.3. The Bertz CT molecular complexity index is 932. The van der Waals surface area contributed by atoms with Crippen LogP contribution in [-0.4, -0.2) is 65.7 Å². The van der Waals surface area contributed by atoms with Crippen LogP contribution in [0, 0.1) is 0 Å². The summed E-state index contributed by atoms with van der Waals surface area (Å²) in [7, 11) is 0. The summed E-state index contributed by atoms with van der Waals surface area (Å²) in [6, 6.07) is 5.91. The predicted octanol–water partition coefficient (Wildman–Crippen LogP) is 2.92. The van der Waals surface area contributed by atoms with Crippen LogP contribution in [0.5, 0.6) is 5.75 Å². The molecule has 0 radical (unpaired) electrons. The van der Waals surface area contributed by atoms with Crippen molar-refractivity contribution in [2.24, 2.45) is 4.99 Å². The van der Waals surface area contributed by atoms with Gasteiger partial charge in [0.1, 0.15) is 5.75 Å². The molecule has 1 aliphatic heterocycles. The lowest BCUT2D eigenvalue weighted by molar-refractivity contribution is -0.127. The van der Waals surface area contributed by atoms with Crippen LogP contribution in [0.3, 0.4) is 0 Å². The van der Waals surface area contributed by atoms with Crippen LogP contribution in [0.4, 0.5) is 0 Å². The van der Waals surface area contributed by atoms with Crippen molar-refractivity contribution in [1.29, 1.82) is 0 Å². The van der Waals surface area contributed by atoms with Gasteiger partial charge in [-0.05, 0) is 44.9 Å². The molecule has 0 N–H and O–H groups in total. The molecule has 9 heteroatoms. The van der Waals surface area contributed by atoms with Gasteiger partial charge in [-0.3, -0.25) is 9.59 Å². The van der Waals surface area contributed by atoms with Gasteiger partial charge in [-0.2, -0.15) is 4.99 Å². The van der Waals surface area contributed by atoms with Gasteiger partial charge >= 0.3 is 0 Å². The van der Waals surface area contributed by atoms with Gasteiger partial charge in [0.05, 0.1) is 34.9 Å². The zero-order valence-corrected chi connectivity index (χ0v) is 19.2. The standard InChI is InChI=1S/C21H29N3O4S2/c1-3-27-12-11-24-17-8-7-16(28-4-2)13-18(17)30-21(24)22-19(25)14-29-15-20(26)23-9-5-6-10-23/h7-8,13H,3-6,9-12,14-15H2,1-2H3. The first-order valence-corrected chi connectivity index (χ1v) is 12.4. The zero-order valence-electron chi connectivity index (χ0n) is 17.6. The van der Waals surface area contributed by atoms with Gasteiger partial charge in [-0.25, -0.2) is 0 Å². The summed E-state index contributed by atoms with van der Waals surface area (Å²) in [6.07, 6.45) is 2.15. The molecule has 30 heavy (non-hydrogen) atoms. The number of thiazole rings is 1. The van der Waals surface area contributed by atoms with Crippen LogP contribution >= 0.6 is 23.1 Å². The van der Waals surface area contributed by atoms with E-state index in [2.05, 4.69) is 4.99 Å². The van der Waals surface area contributed by atoms with Gasteiger partial charge in [0.15, 0.2) is 4.80 Å². The Balaban J connectivity index is 1.72. The van der Waals surface area contributed by atoms with Gasteiger partial charge in [0.25, 0.3) is 5.91 Å². The first kappa shape index (κ1) is 22.8. The topological polar surface area (TPSA) is 73.1 Å². The summed E-state index contributed by atoms with van der Waals surface area (Å²) < 4.78 is 14.1. The van der Waals surface area contributed by atoms with Crippen LogP contribution in [-0.2, 0) is 20.9 Å². The van der Waals surface area contributed by atoms with Crippen molar-refractivity contribution in [2.75, 3.05) is 44.4 Å². The number of nitrogens with zero attached hydrogens (tertiary/aromatic N) is 3. The van der Waals surface area contributed by atoms with Crippen molar-refractivity contribution in [3.63, 3.8) is 0 Å². The number of benzene rings is 1. The molecule has 2 aromatic rings. The molecule has 0 spiro atoms. The second-order valence-corrected chi connectivity index (χ2v) is 8.88. The first-order valence-electron chi connectivity index (χ1n) is 10.4. The molecule has 1 aromatic carbocycles. The van der Waals surface area contributed by atoms with E-state index in [4.69, 9.17) is 9.47 Å². The van der Waals surface area contributed by atoms with Gasteiger partial charge in [-0.1, -0.05) is 11.3 Å². The third-order valence-corrected chi connectivity index (χ3v) is 6.70. The predicted molar refractivity (Wildman–Crippen MR) is 121 cm³/mol. The fourth-order valence-corrected chi connectivity index (χ4v) is 5.13. The highest BCUT2D eigenvalue weighted by atomic mass is 32.2. The summed E-state index contributed by atoms with van der Waals surface area (Å²) >= 11 is 2.80. The van der Waals surface area contributed by atoms with E-state index < -0.39 is 0 Å². The molecule has 0 aliphatic carbocycles. The number of amides is 2. The molecule has 3 rings (SSSR count). The lowest BCUT2D eigenvalue weighted by atomic mass is 10.3. The minimum absolute atomic E-state index is 0.113. The van der Waals surface area contributed by atoms with Crippen molar-refractivity contribution in [2.45, 2.75) is 33.2 Å². The third-order valence-electron chi connectivity index (χ3n) is 4.76. The van der Waals surface area contributed by atoms with Crippen LogP contribution in [0.2, 0.25) is 0 Å². The molecule has 0 bridgehead atoms. The number of ether oxygens (including phenoxy) is 2. The van der Waals surface area contributed by atoms with Crippen molar-refractivity contribution in [3.8, 4) is 5.75 Å². The van der Waals surface area contributed by atoms with E-state index >= 15 is 0 Å². The highest BCUT2D eigenvalue weighted by Gasteiger charge is 2.18. The number of rotatable bonds is 10. The van der Waals surface area contributed by atoms with Crippen LogP contribution in [0.25, 0.3) is 10.2 Å². The largest absolute Gasteiger partial charge is 0.494 e. The lowest BCUT2D eigenvalue weighted by Crippen LogP contribution is -2.29. The molecule has 7 nitrogen and oxygen atoms in total. The highest BCUT2D eigenvalue weighted by molar-refractivity contribution is 8.00. The Labute approximate surface area is 185 Å². The summed E-state index contributed by atoms with van der Waals surface area (Å²) in [6.45, 7) is 8.00. The number of likely N-dealkylation sites (tertiary alicyclic amines) is 1. The number of thioether (sulfide) groups is 1. The number of carbonyl (C=O) groups is 2. The Morgan fingerprint density at radius 3 is 2.70 bits per heavy atom. The van der Waals surface area contributed by atoms with Gasteiger partial charge in [0, 0.05) is 26.2 Å². The lowest BCUT2D eigenvalue weighted by Gasteiger charge is -2.14. The van der Waals surface area contributed by atoms with E-state index in [1.807, 2.05) is 41.5 Å². The average molecular weight is 452 g/mol. The van der Waals surface area contributed by atoms with E-state index in [1.54, 1.807) is 0 Å². The number of aromatic nitrogens is 1. The Morgan fingerprint density at radius 1 is 1.17 bits per heavy atom.